The number of nitrogens with one attached hydrogen (secondary N) is 1. The molecule has 58 valence electrons. The largest absolute Gasteiger partial charge is 0.333 e. The van der Waals surface area contributed by atoms with Gasteiger partial charge in [-0.25, -0.2) is 4.79 Å². The van der Waals surface area contributed by atoms with E-state index in [1.807, 2.05) is 0 Å². The fourth-order valence-corrected chi connectivity index (χ4v) is 0.888. The lowest BCUT2D eigenvalue weighted by Crippen LogP contribution is -2.26. The van der Waals surface area contributed by atoms with Gasteiger partial charge in [0, 0.05) is 12.3 Å². The zero-order valence-corrected chi connectivity index (χ0v) is 7.09. The molecule has 5 heteroatoms. The number of hydrogen-bond donors (Lipinski definition) is 1. The molecule has 1 heterocycles. The van der Waals surface area contributed by atoms with Gasteiger partial charge in [0.05, 0.1) is 4.61 Å². The molecule has 0 bridgehead atoms. The summed E-state index contributed by atoms with van der Waals surface area (Å²) in [7, 11) is 0. The molecule has 0 amide bonds. The average Bonchev–Trinajstić information content (AvgIpc) is 1.85. The smallest absolute Gasteiger partial charge is 0.274 e. The van der Waals surface area contributed by atoms with Crippen molar-refractivity contribution in [3.8, 4) is 0 Å². The van der Waals surface area contributed by atoms with Crippen LogP contribution in [-0.4, -0.2) is 9.55 Å². The Hall–Kier alpha value is -1.10. The van der Waals surface area contributed by atoms with E-state index in [1.165, 1.54) is 16.8 Å². The van der Waals surface area contributed by atoms with E-state index in [0.717, 1.165) is 0 Å². The van der Waals surface area contributed by atoms with Crippen molar-refractivity contribution in [2.45, 2.75) is 0 Å². The normalized spacial score (nSPS) is 9.55. The molecular formula is C6H5BrN2O2. The Morgan fingerprint density at radius 1 is 1.64 bits per heavy atom. The molecule has 0 unspecified atom stereocenters. The van der Waals surface area contributed by atoms with Gasteiger partial charge in [0.25, 0.3) is 5.56 Å². The summed E-state index contributed by atoms with van der Waals surface area (Å²) in [5.74, 6) is 0. The van der Waals surface area contributed by atoms with Crippen LogP contribution in [0.15, 0.2) is 28.4 Å². The number of aromatic nitrogens is 2. The summed E-state index contributed by atoms with van der Waals surface area (Å²) in [6.07, 6.45) is 1.35. The van der Waals surface area contributed by atoms with Gasteiger partial charge in [-0.1, -0.05) is 6.58 Å². The first-order valence-corrected chi connectivity index (χ1v) is 3.57. The molecule has 1 aromatic rings. The molecule has 0 spiro atoms. The Morgan fingerprint density at radius 2 is 2.27 bits per heavy atom. The second-order valence-electron chi connectivity index (χ2n) is 1.86. The highest BCUT2D eigenvalue weighted by Crippen LogP contribution is 2.03. The predicted octanol–water partition coefficient (Wildman–Crippen LogP) is 0.360. The first-order chi connectivity index (χ1) is 5.11. The van der Waals surface area contributed by atoms with Crippen LogP contribution < -0.4 is 11.2 Å². The van der Waals surface area contributed by atoms with Crippen LogP contribution in [0.5, 0.6) is 0 Å². The third-order valence-electron chi connectivity index (χ3n) is 1.09. The Labute approximate surface area is 70.3 Å². The number of hydrogen-bond acceptors (Lipinski definition) is 2. The van der Waals surface area contributed by atoms with E-state index in [9.17, 15) is 9.59 Å². The molecule has 4 nitrogen and oxygen atoms in total. The molecule has 0 aliphatic heterocycles. The van der Waals surface area contributed by atoms with Gasteiger partial charge >= 0.3 is 5.69 Å². The predicted molar refractivity (Wildman–Crippen MR) is 45.6 cm³/mol. The second kappa shape index (κ2) is 2.87. The topological polar surface area (TPSA) is 54.9 Å². The van der Waals surface area contributed by atoms with E-state index >= 15 is 0 Å². The van der Waals surface area contributed by atoms with Crippen LogP contribution in [-0.2, 0) is 0 Å². The highest BCUT2D eigenvalue weighted by molar-refractivity contribution is 9.14. The minimum atomic E-state index is -0.501. The minimum Gasteiger partial charge on any atom is -0.274 e. The number of H-pyrrole nitrogens is 1. The Balaban J connectivity index is 3.43. The van der Waals surface area contributed by atoms with E-state index in [1.54, 1.807) is 0 Å². The molecule has 0 aliphatic rings. The maximum absolute atomic E-state index is 10.9. The zero-order chi connectivity index (χ0) is 8.43. The van der Waals surface area contributed by atoms with Crippen molar-refractivity contribution < 1.29 is 0 Å². The molecule has 1 N–H and O–H groups in total. The highest BCUT2D eigenvalue weighted by atomic mass is 79.9. The van der Waals surface area contributed by atoms with Gasteiger partial charge in [0.15, 0.2) is 0 Å². The van der Waals surface area contributed by atoms with E-state index in [0.29, 0.717) is 4.61 Å². The van der Waals surface area contributed by atoms with Gasteiger partial charge < -0.3 is 0 Å². The fourth-order valence-electron chi connectivity index (χ4n) is 0.608. The highest BCUT2D eigenvalue weighted by Gasteiger charge is 1.95. The molecule has 0 atom stereocenters. The maximum Gasteiger partial charge on any atom is 0.333 e. The summed E-state index contributed by atoms with van der Waals surface area (Å²) in [6.45, 7) is 3.47. The number of aromatic amines is 1. The van der Waals surface area contributed by atoms with Crippen molar-refractivity contribution in [2.75, 3.05) is 0 Å². The molecule has 0 saturated heterocycles. The van der Waals surface area contributed by atoms with Crippen LogP contribution >= 0.6 is 15.9 Å². The summed E-state index contributed by atoms with van der Waals surface area (Å²) >= 11 is 3.00. The summed E-state index contributed by atoms with van der Waals surface area (Å²) in [5.41, 5.74) is -0.917. The third-order valence-corrected chi connectivity index (χ3v) is 1.47. The number of nitrogens with zero attached hydrogens (tertiary/aromatic N) is 1. The van der Waals surface area contributed by atoms with E-state index in [2.05, 4.69) is 27.5 Å². The monoisotopic (exact) mass is 216 g/mol. The van der Waals surface area contributed by atoms with Crippen molar-refractivity contribution in [2.24, 2.45) is 0 Å². The number of rotatable bonds is 1. The van der Waals surface area contributed by atoms with Crippen LogP contribution in [0.1, 0.15) is 0 Å². The quantitative estimate of drug-likeness (QED) is 0.738. The van der Waals surface area contributed by atoms with Crippen LogP contribution in [0.4, 0.5) is 0 Å². The van der Waals surface area contributed by atoms with Gasteiger partial charge in [0.1, 0.15) is 0 Å². The van der Waals surface area contributed by atoms with E-state index in [-0.39, 0.29) is 0 Å². The fraction of sp³-hybridized carbons (Fsp3) is 0. The summed E-state index contributed by atoms with van der Waals surface area (Å²) in [6, 6.07) is 1.24. The summed E-state index contributed by atoms with van der Waals surface area (Å²) in [4.78, 5) is 23.5. The summed E-state index contributed by atoms with van der Waals surface area (Å²) in [5, 5.41) is 0. The Morgan fingerprint density at radius 3 is 2.73 bits per heavy atom. The molecule has 1 aromatic heterocycles. The van der Waals surface area contributed by atoms with Gasteiger partial charge in [-0.15, -0.1) is 0 Å². The van der Waals surface area contributed by atoms with Crippen molar-refractivity contribution in [1.29, 1.82) is 0 Å². The maximum atomic E-state index is 10.9. The Kier molecular flexibility index (Phi) is 2.09. The molecule has 0 aromatic carbocycles. The molecule has 1 rings (SSSR count). The summed E-state index contributed by atoms with van der Waals surface area (Å²) < 4.78 is 1.57. The molecule has 11 heavy (non-hydrogen) atoms. The second-order valence-corrected chi connectivity index (χ2v) is 2.77. The van der Waals surface area contributed by atoms with E-state index < -0.39 is 11.2 Å². The molecule has 0 radical (unpaired) electrons. The average molecular weight is 217 g/mol. The van der Waals surface area contributed by atoms with Crippen molar-refractivity contribution in [1.82, 2.24) is 9.55 Å². The molecule has 0 aliphatic carbocycles. The van der Waals surface area contributed by atoms with Crippen molar-refractivity contribution in [3.05, 3.63) is 39.7 Å². The number of halogens is 1. The van der Waals surface area contributed by atoms with Gasteiger partial charge in [-0.2, -0.15) is 0 Å². The lowest BCUT2D eigenvalue weighted by atomic mass is 10.6. The first kappa shape index (κ1) is 8.00. The first-order valence-electron chi connectivity index (χ1n) is 2.78. The lowest BCUT2D eigenvalue weighted by molar-refractivity contribution is 0.934. The van der Waals surface area contributed by atoms with Crippen molar-refractivity contribution in [3.63, 3.8) is 0 Å². The van der Waals surface area contributed by atoms with Crippen LogP contribution in [0, 0.1) is 0 Å². The van der Waals surface area contributed by atoms with Crippen LogP contribution in [0.25, 0.3) is 4.61 Å². The molecule has 0 fully saturated rings. The van der Waals surface area contributed by atoms with Gasteiger partial charge in [-0.05, 0) is 15.9 Å². The van der Waals surface area contributed by atoms with Crippen LogP contribution in [0.3, 0.4) is 0 Å². The minimum absolute atomic E-state index is 0.388. The lowest BCUT2D eigenvalue weighted by Gasteiger charge is -1.97. The van der Waals surface area contributed by atoms with Gasteiger partial charge in [0.2, 0.25) is 0 Å². The standard InChI is InChI=1S/C6H5BrN2O2/c1-4(7)9-3-2-5(10)8-6(9)11/h2-3H,1H2,(H,8,10,11). The van der Waals surface area contributed by atoms with E-state index in [4.69, 9.17) is 0 Å². The third kappa shape index (κ3) is 1.68. The molecular weight excluding hydrogens is 212 g/mol. The molecule has 0 saturated carbocycles. The zero-order valence-electron chi connectivity index (χ0n) is 5.50. The Bertz CT molecular complexity index is 390. The van der Waals surface area contributed by atoms with Gasteiger partial charge in [-0.3, -0.25) is 14.3 Å². The van der Waals surface area contributed by atoms with Crippen LogP contribution in [0.2, 0.25) is 0 Å². The SMILES string of the molecule is C=C(Br)n1ccc(=O)[nH]c1=O. The van der Waals surface area contributed by atoms with Crippen molar-refractivity contribution >= 4 is 20.5 Å².